The summed E-state index contributed by atoms with van der Waals surface area (Å²) in [5.74, 6) is 8.54. The summed E-state index contributed by atoms with van der Waals surface area (Å²) in [5.41, 5.74) is 0.937. The zero-order valence-electron chi connectivity index (χ0n) is 15.3. The Morgan fingerprint density at radius 1 is 1.08 bits per heavy atom. The van der Waals surface area contributed by atoms with Gasteiger partial charge in [0.1, 0.15) is 11.9 Å². The van der Waals surface area contributed by atoms with E-state index in [1.807, 2.05) is 24.3 Å². The first-order chi connectivity index (χ1) is 11.7. The molecular formula is C22H32O2. The molecule has 132 valence electrons. The molecule has 2 nitrogen and oxygen atoms in total. The van der Waals surface area contributed by atoms with Crippen molar-refractivity contribution in [2.24, 2.45) is 11.8 Å². The molecule has 1 aliphatic rings. The average Bonchev–Trinajstić information content (AvgIpc) is 2.62. The fraction of sp³-hybridized carbons (Fsp3) is 0.636. The molecule has 0 amide bonds. The van der Waals surface area contributed by atoms with Gasteiger partial charge in [-0.15, -0.1) is 0 Å². The van der Waals surface area contributed by atoms with Crippen LogP contribution in [0.15, 0.2) is 24.3 Å². The van der Waals surface area contributed by atoms with E-state index in [-0.39, 0.29) is 0 Å². The second kappa shape index (κ2) is 10.4. The van der Waals surface area contributed by atoms with Crippen LogP contribution in [0.4, 0.5) is 0 Å². The molecule has 1 aliphatic carbocycles. The highest BCUT2D eigenvalue weighted by molar-refractivity contribution is 5.38. The third-order valence-corrected chi connectivity index (χ3v) is 5.10. The topological polar surface area (TPSA) is 29.5 Å². The lowest BCUT2D eigenvalue weighted by molar-refractivity contribution is 0.163. The maximum Gasteiger partial charge on any atom is 0.119 e. The lowest BCUT2D eigenvalue weighted by atomic mass is 9.79. The van der Waals surface area contributed by atoms with E-state index < -0.39 is 6.10 Å². The molecule has 1 N–H and O–H groups in total. The van der Waals surface area contributed by atoms with Gasteiger partial charge in [-0.25, -0.2) is 0 Å². The Kier molecular flexibility index (Phi) is 8.19. The minimum atomic E-state index is -0.506. The van der Waals surface area contributed by atoms with E-state index >= 15 is 0 Å². The minimum Gasteiger partial charge on any atom is -0.494 e. The normalized spacial score (nSPS) is 21.6. The van der Waals surface area contributed by atoms with Crippen LogP contribution in [-0.4, -0.2) is 17.8 Å². The van der Waals surface area contributed by atoms with Crippen LogP contribution in [0.3, 0.4) is 0 Å². The Morgan fingerprint density at radius 2 is 1.75 bits per heavy atom. The first kappa shape index (κ1) is 18.9. The van der Waals surface area contributed by atoms with Crippen molar-refractivity contribution in [3.05, 3.63) is 29.8 Å². The summed E-state index contributed by atoms with van der Waals surface area (Å²) in [6.45, 7) is 5.20. The summed E-state index contributed by atoms with van der Waals surface area (Å²) in [5, 5.41) is 10.2. The second-order valence-corrected chi connectivity index (χ2v) is 7.04. The molecule has 0 bridgehead atoms. The van der Waals surface area contributed by atoms with Crippen LogP contribution in [0.5, 0.6) is 5.75 Å². The van der Waals surface area contributed by atoms with E-state index in [4.69, 9.17) is 4.74 Å². The lowest BCUT2D eigenvalue weighted by Crippen LogP contribution is -2.18. The summed E-state index contributed by atoms with van der Waals surface area (Å²) >= 11 is 0. The molecule has 2 heteroatoms. The van der Waals surface area contributed by atoms with Crippen LogP contribution in [-0.2, 0) is 0 Å². The van der Waals surface area contributed by atoms with Crippen LogP contribution < -0.4 is 4.74 Å². The fourth-order valence-electron chi connectivity index (χ4n) is 3.39. The second-order valence-electron chi connectivity index (χ2n) is 7.04. The number of ether oxygens (including phenoxy) is 1. The quantitative estimate of drug-likeness (QED) is 0.552. The van der Waals surface area contributed by atoms with E-state index in [1.165, 1.54) is 32.1 Å². The lowest BCUT2D eigenvalue weighted by Gasteiger charge is -2.28. The molecule has 1 aromatic rings. The van der Waals surface area contributed by atoms with E-state index in [0.717, 1.165) is 43.1 Å². The van der Waals surface area contributed by atoms with Crippen molar-refractivity contribution < 1.29 is 9.84 Å². The van der Waals surface area contributed by atoms with Crippen molar-refractivity contribution in [2.45, 2.75) is 71.3 Å². The van der Waals surface area contributed by atoms with Crippen LogP contribution in [0.2, 0.25) is 0 Å². The van der Waals surface area contributed by atoms with Gasteiger partial charge < -0.3 is 9.84 Å². The average molecular weight is 328 g/mol. The number of hydrogen-bond donors (Lipinski definition) is 1. The monoisotopic (exact) mass is 328 g/mol. The maximum absolute atomic E-state index is 10.2. The van der Waals surface area contributed by atoms with Gasteiger partial charge in [0.15, 0.2) is 0 Å². The summed E-state index contributed by atoms with van der Waals surface area (Å²) in [6, 6.07) is 7.84. The predicted molar refractivity (Wildman–Crippen MR) is 100 cm³/mol. The third kappa shape index (κ3) is 6.57. The van der Waals surface area contributed by atoms with Crippen LogP contribution in [0, 0.1) is 23.7 Å². The molecule has 0 saturated heterocycles. The Labute approximate surface area is 147 Å². The number of aliphatic hydroxyl groups is 1. The van der Waals surface area contributed by atoms with Gasteiger partial charge in [0.05, 0.1) is 6.61 Å². The molecule has 0 aromatic heterocycles. The largest absolute Gasteiger partial charge is 0.494 e. The van der Waals surface area contributed by atoms with Crippen molar-refractivity contribution >= 4 is 0 Å². The first-order valence-electron chi connectivity index (χ1n) is 9.63. The molecule has 2 rings (SSSR count). The van der Waals surface area contributed by atoms with Gasteiger partial charge in [-0.1, -0.05) is 64.2 Å². The van der Waals surface area contributed by atoms with Crippen LogP contribution in [0.25, 0.3) is 0 Å². The molecule has 1 unspecified atom stereocenters. The molecule has 0 radical (unpaired) electrons. The Morgan fingerprint density at radius 3 is 2.38 bits per heavy atom. The molecule has 1 saturated carbocycles. The van der Waals surface area contributed by atoms with Gasteiger partial charge in [0.25, 0.3) is 0 Å². The molecule has 0 aliphatic heterocycles. The van der Waals surface area contributed by atoms with Gasteiger partial charge in [0, 0.05) is 5.56 Å². The molecule has 1 fully saturated rings. The molecule has 1 aromatic carbocycles. The highest BCUT2D eigenvalue weighted by atomic mass is 16.5. The Hall–Kier alpha value is -1.46. The van der Waals surface area contributed by atoms with Crippen molar-refractivity contribution in [1.82, 2.24) is 0 Å². The predicted octanol–water partition coefficient (Wildman–Crippen LogP) is 5.18. The molecule has 1 atom stereocenters. The summed E-state index contributed by atoms with van der Waals surface area (Å²) < 4.78 is 5.65. The van der Waals surface area contributed by atoms with Gasteiger partial charge in [-0.2, -0.15) is 0 Å². The highest BCUT2D eigenvalue weighted by Crippen LogP contribution is 2.32. The smallest absolute Gasteiger partial charge is 0.119 e. The van der Waals surface area contributed by atoms with E-state index in [1.54, 1.807) is 0 Å². The van der Waals surface area contributed by atoms with Gasteiger partial charge >= 0.3 is 0 Å². The van der Waals surface area contributed by atoms with E-state index in [0.29, 0.717) is 5.92 Å². The Balaban J connectivity index is 1.77. The van der Waals surface area contributed by atoms with Gasteiger partial charge in [-0.3, -0.25) is 0 Å². The number of unbranched alkanes of at least 4 members (excludes halogenated alkanes) is 1. The van der Waals surface area contributed by atoms with Crippen LogP contribution in [0.1, 0.15) is 70.8 Å². The summed E-state index contributed by atoms with van der Waals surface area (Å²) in [7, 11) is 0. The van der Waals surface area contributed by atoms with Crippen molar-refractivity contribution in [3.8, 4) is 17.6 Å². The zero-order chi connectivity index (χ0) is 17.2. The summed E-state index contributed by atoms with van der Waals surface area (Å²) in [4.78, 5) is 0. The first-order valence-corrected chi connectivity index (χ1v) is 9.63. The molecular weight excluding hydrogens is 296 g/mol. The van der Waals surface area contributed by atoms with Crippen molar-refractivity contribution in [1.29, 1.82) is 0 Å². The number of rotatable bonds is 7. The fourth-order valence-corrected chi connectivity index (χ4v) is 3.39. The van der Waals surface area contributed by atoms with Crippen molar-refractivity contribution in [2.75, 3.05) is 6.61 Å². The highest BCUT2D eigenvalue weighted by Gasteiger charge is 2.21. The number of hydrogen-bond acceptors (Lipinski definition) is 2. The molecule has 24 heavy (non-hydrogen) atoms. The molecule has 0 heterocycles. The van der Waals surface area contributed by atoms with Crippen molar-refractivity contribution in [3.63, 3.8) is 0 Å². The van der Waals surface area contributed by atoms with Gasteiger partial charge in [-0.05, 0) is 48.9 Å². The molecule has 0 spiro atoms. The maximum atomic E-state index is 10.2. The minimum absolute atomic E-state index is 0.506. The Bertz CT molecular complexity index is 515. The van der Waals surface area contributed by atoms with Gasteiger partial charge in [0.2, 0.25) is 0 Å². The van der Waals surface area contributed by atoms with E-state index in [9.17, 15) is 5.11 Å². The van der Waals surface area contributed by atoms with E-state index in [2.05, 4.69) is 25.7 Å². The standard InChI is InChI=1S/C22H32O2/c1-3-5-16-24-22-14-11-19(12-15-22)10-13-21(23)17-20-8-6-18(4-2)7-9-20/h11-12,14-15,18,20-21,23H,3-9,16-17H2,1-2H3. The third-order valence-electron chi connectivity index (χ3n) is 5.10. The summed E-state index contributed by atoms with van der Waals surface area (Å²) in [6.07, 6.45) is 8.97. The van der Waals surface area contributed by atoms with Crippen LogP contribution >= 0.6 is 0 Å². The zero-order valence-corrected chi connectivity index (χ0v) is 15.3. The SMILES string of the molecule is CCCCOc1ccc(C#CC(O)CC2CCC(CC)CC2)cc1. The number of aliphatic hydroxyl groups excluding tert-OH is 1. The number of benzene rings is 1.